The lowest BCUT2D eigenvalue weighted by atomic mass is 10.1. The number of nitrogens with zero attached hydrogens (tertiary/aromatic N) is 2. The smallest absolute Gasteiger partial charge is 0.148 e. The molecule has 2 aromatic rings. The van der Waals surface area contributed by atoms with Crippen LogP contribution in [0, 0.1) is 0 Å². The molecule has 4 nitrogen and oxygen atoms in total. The largest absolute Gasteiger partial charge is 0.365 e. The minimum Gasteiger partial charge on any atom is -0.365 e. The molecule has 0 aliphatic heterocycles. The molecule has 0 saturated carbocycles. The van der Waals surface area contributed by atoms with Gasteiger partial charge in [-0.25, -0.2) is 0 Å². The summed E-state index contributed by atoms with van der Waals surface area (Å²) in [6.45, 7) is 1.49. The van der Waals surface area contributed by atoms with Gasteiger partial charge in [0.05, 0.1) is 0 Å². The Kier molecular flexibility index (Phi) is 3.77. The first kappa shape index (κ1) is 11.7. The molecule has 0 aliphatic rings. The minimum absolute atomic E-state index is 0.700. The van der Waals surface area contributed by atoms with E-state index in [1.54, 1.807) is 4.68 Å². The Morgan fingerprint density at radius 3 is 2.47 bits per heavy atom. The van der Waals surface area contributed by atoms with Gasteiger partial charge in [0.2, 0.25) is 0 Å². The van der Waals surface area contributed by atoms with Crippen LogP contribution in [0.3, 0.4) is 0 Å². The average Bonchev–Trinajstić information content (AvgIpc) is 2.75. The summed E-state index contributed by atoms with van der Waals surface area (Å²) in [5.41, 5.74) is 8.05. The quantitative estimate of drug-likeness (QED) is 0.819. The van der Waals surface area contributed by atoms with E-state index in [1.165, 1.54) is 11.1 Å². The van der Waals surface area contributed by atoms with Crippen molar-refractivity contribution in [3.63, 3.8) is 0 Å². The SMILES string of the molecule is Cn1ccc(NCc2ccc(CCN)cc2)n1. The molecule has 1 aromatic carbocycles. The van der Waals surface area contributed by atoms with Crippen molar-refractivity contribution in [2.75, 3.05) is 11.9 Å². The first-order chi connectivity index (χ1) is 8.28. The van der Waals surface area contributed by atoms with Gasteiger partial charge in [-0.1, -0.05) is 24.3 Å². The molecule has 4 heteroatoms. The second-order valence-corrected chi connectivity index (χ2v) is 4.08. The second kappa shape index (κ2) is 5.50. The molecule has 1 heterocycles. The predicted molar refractivity (Wildman–Crippen MR) is 69.7 cm³/mol. The monoisotopic (exact) mass is 230 g/mol. The molecule has 0 fully saturated rings. The van der Waals surface area contributed by atoms with Crippen LogP contribution in [0.5, 0.6) is 0 Å². The van der Waals surface area contributed by atoms with Gasteiger partial charge in [-0.3, -0.25) is 4.68 Å². The number of nitrogens with two attached hydrogens (primary N) is 1. The summed E-state index contributed by atoms with van der Waals surface area (Å²) in [4.78, 5) is 0. The van der Waals surface area contributed by atoms with E-state index in [1.807, 2.05) is 19.3 Å². The van der Waals surface area contributed by atoms with Crippen molar-refractivity contribution in [2.24, 2.45) is 12.8 Å². The van der Waals surface area contributed by atoms with Crippen molar-refractivity contribution in [3.8, 4) is 0 Å². The van der Waals surface area contributed by atoms with Crippen LogP contribution >= 0.6 is 0 Å². The summed E-state index contributed by atoms with van der Waals surface area (Å²) in [5.74, 6) is 0.901. The van der Waals surface area contributed by atoms with E-state index in [0.29, 0.717) is 6.54 Å². The van der Waals surface area contributed by atoms with Crippen molar-refractivity contribution < 1.29 is 0 Å². The lowest BCUT2D eigenvalue weighted by molar-refractivity contribution is 0.768. The first-order valence-electron chi connectivity index (χ1n) is 5.79. The van der Waals surface area contributed by atoms with Crippen LogP contribution in [-0.2, 0) is 20.0 Å². The van der Waals surface area contributed by atoms with Gasteiger partial charge in [0.1, 0.15) is 5.82 Å². The third-order valence-electron chi connectivity index (χ3n) is 2.64. The van der Waals surface area contributed by atoms with E-state index >= 15 is 0 Å². The molecule has 0 radical (unpaired) electrons. The van der Waals surface area contributed by atoms with Crippen LogP contribution < -0.4 is 11.1 Å². The number of rotatable bonds is 5. The molecule has 0 atom stereocenters. The highest BCUT2D eigenvalue weighted by atomic mass is 15.3. The Hall–Kier alpha value is -1.81. The van der Waals surface area contributed by atoms with Crippen LogP contribution in [0.2, 0.25) is 0 Å². The number of aryl methyl sites for hydroxylation is 1. The van der Waals surface area contributed by atoms with Crippen molar-refractivity contribution in [1.29, 1.82) is 0 Å². The predicted octanol–water partition coefficient (Wildman–Crippen LogP) is 1.53. The number of hydrogen-bond acceptors (Lipinski definition) is 3. The van der Waals surface area contributed by atoms with Gasteiger partial charge < -0.3 is 11.1 Å². The molecule has 0 unspecified atom stereocenters. The highest BCUT2D eigenvalue weighted by Crippen LogP contribution is 2.08. The molecular weight excluding hydrogens is 212 g/mol. The summed E-state index contributed by atoms with van der Waals surface area (Å²) in [5, 5.41) is 7.54. The zero-order valence-corrected chi connectivity index (χ0v) is 10.1. The maximum absolute atomic E-state index is 5.51. The van der Waals surface area contributed by atoms with E-state index in [9.17, 15) is 0 Å². The molecule has 90 valence electrons. The Morgan fingerprint density at radius 2 is 1.88 bits per heavy atom. The summed E-state index contributed by atoms with van der Waals surface area (Å²) in [6, 6.07) is 10.5. The van der Waals surface area contributed by atoms with Crippen LogP contribution in [0.25, 0.3) is 0 Å². The third kappa shape index (κ3) is 3.32. The van der Waals surface area contributed by atoms with Crippen molar-refractivity contribution in [3.05, 3.63) is 47.7 Å². The second-order valence-electron chi connectivity index (χ2n) is 4.08. The van der Waals surface area contributed by atoms with Gasteiger partial charge in [-0.05, 0) is 24.1 Å². The maximum Gasteiger partial charge on any atom is 0.148 e. The van der Waals surface area contributed by atoms with Crippen LogP contribution in [0.1, 0.15) is 11.1 Å². The molecular formula is C13H18N4. The van der Waals surface area contributed by atoms with Gasteiger partial charge >= 0.3 is 0 Å². The lowest BCUT2D eigenvalue weighted by Gasteiger charge is -2.04. The highest BCUT2D eigenvalue weighted by Gasteiger charge is 1.97. The van der Waals surface area contributed by atoms with Gasteiger partial charge in [0, 0.05) is 25.9 Å². The zero-order chi connectivity index (χ0) is 12.1. The maximum atomic E-state index is 5.51. The fourth-order valence-electron chi connectivity index (χ4n) is 1.69. The number of hydrogen-bond donors (Lipinski definition) is 2. The van der Waals surface area contributed by atoms with E-state index in [0.717, 1.165) is 18.8 Å². The van der Waals surface area contributed by atoms with E-state index in [4.69, 9.17) is 5.73 Å². The Morgan fingerprint density at radius 1 is 1.18 bits per heavy atom. The van der Waals surface area contributed by atoms with Gasteiger partial charge in [0.15, 0.2) is 0 Å². The standard InChI is InChI=1S/C13H18N4/c1-17-9-7-13(16-17)15-10-12-4-2-11(3-5-12)6-8-14/h2-5,7,9H,6,8,10,14H2,1H3,(H,15,16). The van der Waals surface area contributed by atoms with E-state index in [-0.39, 0.29) is 0 Å². The molecule has 3 N–H and O–H groups in total. The number of nitrogens with one attached hydrogen (secondary N) is 1. The Balaban J connectivity index is 1.90. The van der Waals surface area contributed by atoms with Gasteiger partial charge in [-0.2, -0.15) is 5.10 Å². The van der Waals surface area contributed by atoms with Gasteiger partial charge in [0.25, 0.3) is 0 Å². The van der Waals surface area contributed by atoms with Crippen molar-refractivity contribution in [1.82, 2.24) is 9.78 Å². The molecule has 0 amide bonds. The molecule has 0 saturated heterocycles. The van der Waals surface area contributed by atoms with Crippen LogP contribution in [0.4, 0.5) is 5.82 Å². The Bertz CT molecular complexity index is 459. The molecule has 0 aliphatic carbocycles. The fraction of sp³-hybridized carbons (Fsp3) is 0.308. The fourth-order valence-corrected chi connectivity index (χ4v) is 1.69. The lowest BCUT2D eigenvalue weighted by Crippen LogP contribution is -2.03. The molecule has 0 spiro atoms. The number of benzene rings is 1. The normalized spacial score (nSPS) is 10.5. The Labute approximate surface area is 101 Å². The zero-order valence-electron chi connectivity index (χ0n) is 10.1. The number of anilines is 1. The summed E-state index contributed by atoms with van der Waals surface area (Å²) >= 11 is 0. The molecule has 1 aromatic heterocycles. The summed E-state index contributed by atoms with van der Waals surface area (Å²) < 4.78 is 1.78. The van der Waals surface area contributed by atoms with E-state index in [2.05, 4.69) is 34.7 Å². The molecule has 0 bridgehead atoms. The average molecular weight is 230 g/mol. The highest BCUT2D eigenvalue weighted by molar-refractivity contribution is 5.34. The minimum atomic E-state index is 0.700. The molecule has 2 rings (SSSR count). The third-order valence-corrected chi connectivity index (χ3v) is 2.64. The van der Waals surface area contributed by atoms with Crippen molar-refractivity contribution >= 4 is 5.82 Å². The summed E-state index contributed by atoms with van der Waals surface area (Å²) in [6.07, 6.45) is 2.86. The van der Waals surface area contributed by atoms with Crippen molar-refractivity contribution in [2.45, 2.75) is 13.0 Å². The topological polar surface area (TPSA) is 55.9 Å². The van der Waals surface area contributed by atoms with Crippen LogP contribution in [0.15, 0.2) is 36.5 Å². The van der Waals surface area contributed by atoms with E-state index < -0.39 is 0 Å². The molecule has 17 heavy (non-hydrogen) atoms. The summed E-state index contributed by atoms with van der Waals surface area (Å²) in [7, 11) is 1.91. The first-order valence-corrected chi connectivity index (χ1v) is 5.79. The number of aromatic nitrogens is 2. The van der Waals surface area contributed by atoms with Gasteiger partial charge in [-0.15, -0.1) is 0 Å². The van der Waals surface area contributed by atoms with Crippen LogP contribution in [-0.4, -0.2) is 16.3 Å².